The first kappa shape index (κ1) is 22.2. The highest BCUT2D eigenvalue weighted by atomic mass is 16.5. The molecule has 1 aromatic carbocycles. The van der Waals surface area contributed by atoms with E-state index in [0.717, 1.165) is 0 Å². The number of nitrogens with zero attached hydrogens (tertiary/aromatic N) is 3. The number of rotatable bonds is 9. The number of aliphatic carboxylic acids is 1. The van der Waals surface area contributed by atoms with E-state index in [1.165, 1.54) is 0 Å². The highest BCUT2D eigenvalue weighted by Crippen LogP contribution is 2.36. The summed E-state index contributed by atoms with van der Waals surface area (Å²) in [6.07, 6.45) is 3.01. The summed E-state index contributed by atoms with van der Waals surface area (Å²) in [7, 11) is 1.56. The molecule has 3 aromatic rings. The van der Waals surface area contributed by atoms with Crippen molar-refractivity contribution in [3.05, 3.63) is 54.0 Å². The Morgan fingerprint density at radius 1 is 1.23 bits per heavy atom. The average molecular weight is 427 g/mol. The van der Waals surface area contributed by atoms with E-state index in [2.05, 4.69) is 15.2 Å². The first-order valence-electron chi connectivity index (χ1n) is 9.66. The van der Waals surface area contributed by atoms with Crippen molar-refractivity contribution in [1.29, 1.82) is 0 Å². The second-order valence-corrected chi connectivity index (χ2v) is 7.78. The van der Waals surface area contributed by atoms with Gasteiger partial charge in [0.15, 0.2) is 0 Å². The van der Waals surface area contributed by atoms with E-state index in [9.17, 15) is 15.0 Å². The Bertz CT molecular complexity index is 1060. The monoisotopic (exact) mass is 427 g/mol. The van der Waals surface area contributed by atoms with Crippen molar-refractivity contribution in [2.45, 2.75) is 38.7 Å². The molecule has 0 fully saturated rings. The molecule has 2 aromatic heterocycles. The summed E-state index contributed by atoms with van der Waals surface area (Å²) in [6.45, 7) is 5.08. The zero-order valence-corrected chi connectivity index (χ0v) is 17.8. The van der Waals surface area contributed by atoms with Crippen LogP contribution in [0.1, 0.15) is 43.5 Å². The minimum absolute atomic E-state index is 0.119. The van der Waals surface area contributed by atoms with Crippen LogP contribution in [-0.4, -0.2) is 50.7 Å². The second-order valence-electron chi connectivity index (χ2n) is 7.78. The molecule has 0 saturated heterocycles. The lowest BCUT2D eigenvalue weighted by atomic mass is 9.94. The smallest absolute Gasteiger partial charge is 0.304 e. The quantitative estimate of drug-likeness (QED) is 0.529. The van der Waals surface area contributed by atoms with Gasteiger partial charge in [-0.3, -0.25) is 9.78 Å². The second kappa shape index (κ2) is 9.13. The number of aromatic nitrogens is 3. The molecule has 1 atom stereocenters. The lowest BCUT2D eigenvalue weighted by molar-refractivity contribution is -0.137. The van der Waals surface area contributed by atoms with Gasteiger partial charge in [0.05, 0.1) is 25.0 Å². The van der Waals surface area contributed by atoms with Gasteiger partial charge in [-0.2, -0.15) is 0 Å². The van der Waals surface area contributed by atoms with E-state index in [1.54, 1.807) is 58.5 Å². The Hall–Kier alpha value is -3.46. The molecule has 31 heavy (non-hydrogen) atoms. The number of pyridine rings is 1. The van der Waals surface area contributed by atoms with Crippen LogP contribution in [0.15, 0.2) is 41.1 Å². The van der Waals surface area contributed by atoms with Gasteiger partial charge < -0.3 is 24.1 Å². The Labute approximate surface area is 179 Å². The number of aryl methyl sites for hydroxylation is 1. The normalized spacial score (nSPS) is 12.4. The molecule has 0 aliphatic heterocycles. The number of hydrogen-bond acceptors (Lipinski definition) is 8. The lowest BCUT2D eigenvalue weighted by Crippen LogP contribution is -2.27. The van der Waals surface area contributed by atoms with E-state index in [4.69, 9.17) is 13.9 Å². The largest absolute Gasteiger partial charge is 0.496 e. The topological polar surface area (TPSA) is 128 Å². The number of carboxylic acids is 1. The maximum Gasteiger partial charge on any atom is 0.304 e. The summed E-state index contributed by atoms with van der Waals surface area (Å²) >= 11 is 0. The van der Waals surface area contributed by atoms with Crippen LogP contribution in [-0.2, 0) is 4.79 Å². The number of methoxy groups -OCH3 is 1. The van der Waals surface area contributed by atoms with Gasteiger partial charge in [-0.1, -0.05) is 0 Å². The van der Waals surface area contributed by atoms with Crippen LogP contribution in [0.3, 0.4) is 0 Å². The predicted octanol–water partition coefficient (Wildman–Crippen LogP) is 3.20. The molecule has 0 aliphatic rings. The third-order valence-electron chi connectivity index (χ3n) is 4.45. The van der Waals surface area contributed by atoms with Gasteiger partial charge in [0.2, 0.25) is 11.8 Å². The third-order valence-corrected chi connectivity index (χ3v) is 4.45. The molecule has 0 spiro atoms. The minimum atomic E-state index is -0.995. The molecule has 0 amide bonds. The Kier molecular flexibility index (Phi) is 6.55. The summed E-state index contributed by atoms with van der Waals surface area (Å²) in [4.78, 5) is 15.7. The van der Waals surface area contributed by atoms with Crippen LogP contribution in [0.2, 0.25) is 0 Å². The van der Waals surface area contributed by atoms with Gasteiger partial charge in [-0.25, -0.2) is 0 Å². The molecule has 2 N–H and O–H groups in total. The zero-order valence-electron chi connectivity index (χ0n) is 17.8. The summed E-state index contributed by atoms with van der Waals surface area (Å²) in [5.74, 6) is 0.0782. The summed E-state index contributed by atoms with van der Waals surface area (Å²) in [5, 5.41) is 27.1. The van der Waals surface area contributed by atoms with Gasteiger partial charge in [-0.05, 0) is 43.7 Å². The number of hydrogen-bond donors (Lipinski definition) is 2. The first-order valence-corrected chi connectivity index (χ1v) is 9.66. The summed E-state index contributed by atoms with van der Waals surface area (Å²) in [5.41, 5.74) is 1.05. The van der Waals surface area contributed by atoms with Crippen molar-refractivity contribution in [2.75, 3.05) is 13.7 Å². The van der Waals surface area contributed by atoms with Crippen LogP contribution in [0.25, 0.3) is 11.1 Å². The highest BCUT2D eigenvalue weighted by molar-refractivity contribution is 5.73. The number of aliphatic hydroxyl groups is 1. The Balaban J connectivity index is 2.00. The standard InChI is InChI=1S/C22H25N3O6/c1-13-24-25-21(31-13)18(9-20(26)27)15-7-14(10-23-11-15)17-8-16(5-6-19(17)29-4)30-12-22(2,3)28/h5-8,10-11,18,28H,9,12H2,1-4H3,(H,26,27). The molecule has 0 aliphatic carbocycles. The molecule has 0 saturated carbocycles. The Morgan fingerprint density at radius 3 is 2.61 bits per heavy atom. The fraction of sp³-hybridized carbons (Fsp3) is 0.364. The van der Waals surface area contributed by atoms with E-state index in [-0.39, 0.29) is 18.9 Å². The van der Waals surface area contributed by atoms with E-state index >= 15 is 0 Å². The van der Waals surface area contributed by atoms with Crippen LogP contribution < -0.4 is 9.47 Å². The molecule has 9 heteroatoms. The predicted molar refractivity (Wildman–Crippen MR) is 111 cm³/mol. The number of ether oxygens (including phenoxy) is 2. The maximum absolute atomic E-state index is 11.4. The fourth-order valence-corrected chi connectivity index (χ4v) is 3.03. The van der Waals surface area contributed by atoms with Crippen molar-refractivity contribution in [3.63, 3.8) is 0 Å². The van der Waals surface area contributed by atoms with Crippen molar-refractivity contribution < 1.29 is 28.9 Å². The van der Waals surface area contributed by atoms with Gasteiger partial charge in [-0.15, -0.1) is 10.2 Å². The molecule has 9 nitrogen and oxygen atoms in total. The average Bonchev–Trinajstić information content (AvgIpc) is 3.15. The van der Waals surface area contributed by atoms with Crippen LogP contribution in [0, 0.1) is 6.92 Å². The van der Waals surface area contributed by atoms with E-state index in [1.807, 2.05) is 6.07 Å². The van der Waals surface area contributed by atoms with Gasteiger partial charge in [0.1, 0.15) is 18.1 Å². The molecular formula is C22H25N3O6. The molecule has 3 rings (SSSR count). The number of carboxylic acid groups (broad SMARTS) is 1. The van der Waals surface area contributed by atoms with Crippen molar-refractivity contribution in [3.8, 4) is 22.6 Å². The maximum atomic E-state index is 11.4. The third kappa shape index (κ3) is 5.79. The SMILES string of the molecule is COc1ccc(OCC(C)(C)O)cc1-c1cncc(C(CC(=O)O)c2nnc(C)o2)c1. The molecule has 164 valence electrons. The molecule has 0 radical (unpaired) electrons. The number of carbonyl (C=O) groups is 1. The zero-order chi connectivity index (χ0) is 22.6. The van der Waals surface area contributed by atoms with Crippen molar-refractivity contribution in [1.82, 2.24) is 15.2 Å². The fourth-order valence-electron chi connectivity index (χ4n) is 3.03. The van der Waals surface area contributed by atoms with Gasteiger partial charge in [0, 0.05) is 30.4 Å². The van der Waals surface area contributed by atoms with Crippen molar-refractivity contribution in [2.24, 2.45) is 0 Å². The van der Waals surface area contributed by atoms with Crippen LogP contribution in [0.5, 0.6) is 11.5 Å². The lowest BCUT2D eigenvalue weighted by Gasteiger charge is -2.19. The molecule has 0 bridgehead atoms. The summed E-state index contributed by atoms with van der Waals surface area (Å²) in [6, 6.07) is 7.11. The molecule has 1 unspecified atom stereocenters. The van der Waals surface area contributed by atoms with Crippen LogP contribution in [0.4, 0.5) is 0 Å². The van der Waals surface area contributed by atoms with Gasteiger partial charge in [0.25, 0.3) is 0 Å². The highest BCUT2D eigenvalue weighted by Gasteiger charge is 2.25. The van der Waals surface area contributed by atoms with E-state index < -0.39 is 17.5 Å². The van der Waals surface area contributed by atoms with Crippen LogP contribution >= 0.6 is 0 Å². The summed E-state index contributed by atoms with van der Waals surface area (Å²) < 4.78 is 16.7. The first-order chi connectivity index (χ1) is 14.7. The molecule has 2 heterocycles. The number of benzene rings is 1. The van der Waals surface area contributed by atoms with Gasteiger partial charge >= 0.3 is 5.97 Å². The van der Waals surface area contributed by atoms with Crippen molar-refractivity contribution >= 4 is 5.97 Å². The molecular weight excluding hydrogens is 402 g/mol. The van der Waals surface area contributed by atoms with E-state index in [0.29, 0.717) is 34.1 Å². The Morgan fingerprint density at radius 2 is 2.00 bits per heavy atom. The minimum Gasteiger partial charge on any atom is -0.496 e.